The normalized spacial score (nSPS) is 13.7. The summed E-state index contributed by atoms with van der Waals surface area (Å²) in [6.45, 7) is 4.18. The Labute approximate surface area is 324 Å². The predicted octanol–water partition coefficient (Wildman–Crippen LogP) is 13.4. The summed E-state index contributed by atoms with van der Waals surface area (Å²) in [7, 11) is 0. The molecular weight excluding hydrogens is 643 g/mol. The van der Waals surface area contributed by atoms with Crippen molar-refractivity contribution in [3.8, 4) is 0 Å². The van der Waals surface area contributed by atoms with Crippen LogP contribution in [0.25, 0.3) is 0 Å². The quantitative estimate of drug-likeness (QED) is 0.0371. The number of rotatable bonds is 42. The predicted molar refractivity (Wildman–Crippen MR) is 227 cm³/mol. The number of hydrogen-bond acceptors (Lipinski definition) is 4. The van der Waals surface area contributed by atoms with Crippen molar-refractivity contribution in [3.63, 3.8) is 0 Å². The summed E-state index contributed by atoms with van der Waals surface area (Å²) in [5.74, 6) is -0.161. The zero-order chi connectivity index (χ0) is 38.0. The molecule has 0 saturated carbocycles. The largest absolute Gasteiger partial charge is 0.394 e. The number of allylic oxidation sites excluding steroid dienone is 4. The van der Waals surface area contributed by atoms with Crippen LogP contribution in [0.5, 0.6) is 0 Å². The molecule has 0 aromatic carbocycles. The minimum atomic E-state index is -1.16. The van der Waals surface area contributed by atoms with Crippen LogP contribution in [0.15, 0.2) is 24.3 Å². The summed E-state index contributed by atoms with van der Waals surface area (Å²) in [5.41, 5.74) is 0. The molecule has 5 nitrogen and oxygen atoms in total. The molecule has 0 radical (unpaired) electrons. The highest BCUT2D eigenvalue weighted by molar-refractivity contribution is 5.76. The first-order valence-electron chi connectivity index (χ1n) is 23.1. The Hall–Kier alpha value is -1.17. The number of nitrogens with one attached hydrogen (secondary N) is 1. The third-order valence-corrected chi connectivity index (χ3v) is 10.8. The third kappa shape index (κ3) is 37.2. The van der Waals surface area contributed by atoms with Crippen molar-refractivity contribution < 1.29 is 20.1 Å². The van der Waals surface area contributed by atoms with Crippen LogP contribution >= 0.6 is 0 Å². The van der Waals surface area contributed by atoms with Gasteiger partial charge in [0.25, 0.3) is 0 Å². The van der Waals surface area contributed by atoms with Crippen LogP contribution in [0.1, 0.15) is 245 Å². The molecule has 3 atom stereocenters. The molecule has 0 fully saturated rings. The summed E-state index contributed by atoms with van der Waals surface area (Å²) < 4.78 is 0. The van der Waals surface area contributed by atoms with Crippen LogP contribution in [0.4, 0.5) is 0 Å². The van der Waals surface area contributed by atoms with Gasteiger partial charge in [0.1, 0.15) is 6.10 Å². The maximum Gasteiger partial charge on any atom is 0.220 e. The van der Waals surface area contributed by atoms with Gasteiger partial charge in [-0.25, -0.2) is 0 Å². The first kappa shape index (κ1) is 50.8. The molecule has 0 spiro atoms. The first-order chi connectivity index (χ1) is 25.6. The minimum Gasteiger partial charge on any atom is -0.394 e. The Morgan fingerprint density at radius 1 is 0.462 bits per heavy atom. The molecule has 52 heavy (non-hydrogen) atoms. The van der Waals surface area contributed by atoms with Crippen LogP contribution in [0, 0.1) is 0 Å². The highest BCUT2D eigenvalue weighted by Gasteiger charge is 2.26. The number of aliphatic hydroxyl groups is 3. The second-order valence-electron chi connectivity index (χ2n) is 16.0. The second kappa shape index (κ2) is 42.6. The van der Waals surface area contributed by atoms with Gasteiger partial charge < -0.3 is 20.6 Å². The molecule has 0 aliphatic rings. The van der Waals surface area contributed by atoms with Crippen LogP contribution < -0.4 is 5.32 Å². The molecule has 1 amide bonds. The Kier molecular flexibility index (Phi) is 41.6. The van der Waals surface area contributed by atoms with E-state index in [-0.39, 0.29) is 12.5 Å². The molecule has 4 N–H and O–H groups in total. The monoisotopic (exact) mass is 734 g/mol. The zero-order valence-electron chi connectivity index (χ0n) is 35.0. The standard InChI is InChI=1S/C47H91NO4/c1-3-5-7-9-11-13-15-17-19-21-23-24-25-27-29-31-33-35-37-39-41-45(50)47(52)44(43-49)48-46(51)42-40-38-36-34-32-30-28-26-22-20-18-16-14-12-10-8-6-4-2/h26,28,33,35,44-45,47,49-50,52H,3-25,27,29-32,34,36-43H2,1-2H3,(H,48,51)/b28-26-,35-33+. The fourth-order valence-corrected chi connectivity index (χ4v) is 7.16. The lowest BCUT2D eigenvalue weighted by Crippen LogP contribution is -2.50. The van der Waals surface area contributed by atoms with Crippen molar-refractivity contribution in [2.24, 2.45) is 0 Å². The molecule has 0 aromatic heterocycles. The van der Waals surface area contributed by atoms with Gasteiger partial charge in [0.05, 0.1) is 18.8 Å². The van der Waals surface area contributed by atoms with Gasteiger partial charge in [-0.3, -0.25) is 4.79 Å². The van der Waals surface area contributed by atoms with E-state index in [1.165, 1.54) is 173 Å². The molecular formula is C47H91NO4. The van der Waals surface area contributed by atoms with E-state index in [9.17, 15) is 20.1 Å². The van der Waals surface area contributed by atoms with E-state index in [1.807, 2.05) is 0 Å². The smallest absolute Gasteiger partial charge is 0.220 e. The van der Waals surface area contributed by atoms with Gasteiger partial charge >= 0.3 is 0 Å². The molecule has 0 bridgehead atoms. The van der Waals surface area contributed by atoms with Gasteiger partial charge in [-0.1, -0.05) is 199 Å². The molecule has 0 aliphatic carbocycles. The molecule has 5 heteroatoms. The Balaban J connectivity index is 3.65. The van der Waals surface area contributed by atoms with Gasteiger partial charge in [0, 0.05) is 6.42 Å². The third-order valence-electron chi connectivity index (χ3n) is 10.8. The minimum absolute atomic E-state index is 0.161. The van der Waals surface area contributed by atoms with E-state index < -0.39 is 18.2 Å². The maximum atomic E-state index is 12.4. The second-order valence-corrected chi connectivity index (χ2v) is 16.0. The zero-order valence-corrected chi connectivity index (χ0v) is 35.0. The summed E-state index contributed by atoms with van der Waals surface area (Å²) in [4.78, 5) is 12.4. The summed E-state index contributed by atoms with van der Waals surface area (Å²) in [5, 5.41) is 33.6. The molecule has 308 valence electrons. The molecule has 0 aromatic rings. The van der Waals surface area contributed by atoms with E-state index in [4.69, 9.17) is 0 Å². The van der Waals surface area contributed by atoms with Crippen LogP contribution in [0.2, 0.25) is 0 Å². The lowest BCUT2D eigenvalue weighted by atomic mass is 10.0. The highest BCUT2D eigenvalue weighted by Crippen LogP contribution is 2.16. The fraction of sp³-hybridized carbons (Fsp3) is 0.894. The van der Waals surface area contributed by atoms with Crippen LogP contribution in [-0.2, 0) is 4.79 Å². The van der Waals surface area contributed by atoms with E-state index in [0.29, 0.717) is 12.8 Å². The van der Waals surface area contributed by atoms with Gasteiger partial charge in [-0.05, 0) is 64.2 Å². The summed E-state index contributed by atoms with van der Waals surface area (Å²) >= 11 is 0. The van der Waals surface area contributed by atoms with Crippen molar-refractivity contribution in [2.45, 2.75) is 263 Å². The fourth-order valence-electron chi connectivity index (χ4n) is 7.16. The van der Waals surface area contributed by atoms with E-state index in [0.717, 1.165) is 44.9 Å². The number of aliphatic hydroxyl groups excluding tert-OH is 3. The van der Waals surface area contributed by atoms with Crippen molar-refractivity contribution in [3.05, 3.63) is 24.3 Å². The van der Waals surface area contributed by atoms with Gasteiger partial charge in [-0.15, -0.1) is 0 Å². The first-order valence-corrected chi connectivity index (χ1v) is 23.1. The number of carbonyl (C=O) groups excluding carboxylic acids is 1. The molecule has 3 unspecified atom stereocenters. The van der Waals surface area contributed by atoms with Crippen molar-refractivity contribution >= 4 is 5.91 Å². The Morgan fingerprint density at radius 2 is 0.769 bits per heavy atom. The molecule has 0 saturated heterocycles. The van der Waals surface area contributed by atoms with Gasteiger partial charge in [-0.2, -0.15) is 0 Å². The van der Waals surface area contributed by atoms with Crippen LogP contribution in [0.3, 0.4) is 0 Å². The number of amides is 1. The summed E-state index contributed by atoms with van der Waals surface area (Å²) in [6.07, 6.45) is 51.5. The van der Waals surface area contributed by atoms with Gasteiger partial charge in [0.2, 0.25) is 5.91 Å². The Morgan fingerprint density at radius 3 is 1.12 bits per heavy atom. The van der Waals surface area contributed by atoms with Crippen molar-refractivity contribution in [2.75, 3.05) is 6.61 Å². The molecule has 0 aliphatic heterocycles. The summed E-state index contributed by atoms with van der Waals surface area (Å²) in [6, 6.07) is -0.828. The number of carbonyl (C=O) groups is 1. The lowest BCUT2D eigenvalue weighted by molar-refractivity contribution is -0.124. The highest BCUT2D eigenvalue weighted by atomic mass is 16.3. The van der Waals surface area contributed by atoms with E-state index in [2.05, 4.69) is 43.5 Å². The van der Waals surface area contributed by atoms with Gasteiger partial charge in [0.15, 0.2) is 0 Å². The average molecular weight is 734 g/mol. The maximum absolute atomic E-state index is 12.4. The number of unbranched alkanes of at least 4 members (excludes halogenated alkanes) is 30. The van der Waals surface area contributed by atoms with Crippen molar-refractivity contribution in [1.29, 1.82) is 0 Å². The lowest BCUT2D eigenvalue weighted by Gasteiger charge is -2.26. The Bertz CT molecular complexity index is 768. The average Bonchev–Trinajstić information content (AvgIpc) is 3.15. The van der Waals surface area contributed by atoms with E-state index in [1.54, 1.807) is 0 Å². The van der Waals surface area contributed by atoms with E-state index >= 15 is 0 Å². The van der Waals surface area contributed by atoms with Crippen molar-refractivity contribution in [1.82, 2.24) is 5.32 Å². The molecule has 0 rings (SSSR count). The number of hydrogen-bond donors (Lipinski definition) is 4. The van der Waals surface area contributed by atoms with Crippen LogP contribution in [-0.4, -0.2) is 46.1 Å². The topological polar surface area (TPSA) is 89.8 Å². The SMILES string of the molecule is CCCCCCCCCCC/C=C\CCCCCCCC(=O)NC(CO)C(O)C(O)CCC/C=C/CCCCCCCCCCCCCCCCC. The molecule has 0 heterocycles.